The minimum Gasteiger partial charge on any atom is -0.383 e. The van der Waals surface area contributed by atoms with Gasteiger partial charge in [0.1, 0.15) is 18.7 Å². The van der Waals surface area contributed by atoms with Gasteiger partial charge in [0.2, 0.25) is 0 Å². The van der Waals surface area contributed by atoms with Crippen LogP contribution in [0.15, 0.2) is 63.7 Å². The zero-order chi connectivity index (χ0) is 30.9. The molecule has 2 N–H and O–H groups in total. The molecule has 2 saturated heterocycles. The first-order valence-electron chi connectivity index (χ1n) is 15.2. The number of nitrogens with zero attached hydrogens (tertiary/aromatic N) is 6. The van der Waals surface area contributed by atoms with Crippen molar-refractivity contribution in [3.8, 4) is 0 Å². The molecular formula is C33H49N7O2S. The van der Waals surface area contributed by atoms with Crippen LogP contribution in [-0.2, 0) is 10.8 Å². The smallest absolute Gasteiger partial charge is 0.133 e. The van der Waals surface area contributed by atoms with E-state index in [0.29, 0.717) is 12.7 Å². The highest BCUT2D eigenvalue weighted by Crippen LogP contribution is 2.31. The number of aliphatic imine (C=N–C) groups is 2. The maximum atomic E-state index is 12.3. The molecule has 0 aliphatic carbocycles. The predicted molar refractivity (Wildman–Crippen MR) is 180 cm³/mol. The lowest BCUT2D eigenvalue weighted by Gasteiger charge is -2.43. The second-order valence-corrected chi connectivity index (χ2v) is 13.1. The molecule has 0 aromatic heterocycles. The molecule has 1 aromatic carbocycles. The van der Waals surface area contributed by atoms with E-state index < -0.39 is 17.0 Å². The second kappa shape index (κ2) is 15.6. The largest absolute Gasteiger partial charge is 0.383 e. The number of piperazine rings is 1. The first kappa shape index (κ1) is 32.9. The van der Waals surface area contributed by atoms with E-state index in [0.717, 1.165) is 78.6 Å². The van der Waals surface area contributed by atoms with Gasteiger partial charge in [-0.1, -0.05) is 35.9 Å². The lowest BCUT2D eigenvalue weighted by molar-refractivity contribution is 0.0392. The maximum Gasteiger partial charge on any atom is 0.133 e. The molecule has 3 atom stereocenters. The number of rotatable bonds is 11. The lowest BCUT2D eigenvalue weighted by atomic mass is 9.92. The van der Waals surface area contributed by atoms with Crippen molar-refractivity contribution in [1.82, 2.24) is 24.9 Å². The molecule has 0 radical (unpaired) electrons. The van der Waals surface area contributed by atoms with Crippen LogP contribution >= 0.6 is 0 Å². The molecule has 234 valence electrons. The van der Waals surface area contributed by atoms with Crippen molar-refractivity contribution in [2.24, 2.45) is 9.98 Å². The molecule has 4 rings (SSSR count). The molecule has 0 spiro atoms. The molecule has 0 bridgehead atoms. The standard InChI is InChI=1S/C33H49N7O2S/c1-7-8-9-10-28(43(6)42)21-35-26(3)30-19-25(2)20-31(33(41)37(4)5)29(30)13-16-38-14-11-27(12-15-38)39-17-18-40-24-34-23-36-32(40)22-39/h7-10,13,16,19-21,24,26-27,33,35,41H,11-12,14-15,17-18,22-23H2,1-6H3/b8-7-,10-9-,16-13+,28-21-. The third kappa shape index (κ3) is 8.75. The summed E-state index contributed by atoms with van der Waals surface area (Å²) in [7, 11) is 2.65. The third-order valence-corrected chi connectivity index (χ3v) is 9.24. The number of amidine groups is 1. The van der Waals surface area contributed by atoms with E-state index in [2.05, 4.69) is 68.3 Å². The van der Waals surface area contributed by atoms with Gasteiger partial charge >= 0.3 is 0 Å². The first-order chi connectivity index (χ1) is 20.7. The Hall–Kier alpha value is -3.05. The topological polar surface area (TPSA) is 87.0 Å². The number of piperidine rings is 1. The van der Waals surface area contributed by atoms with Crippen molar-refractivity contribution in [2.75, 3.05) is 59.7 Å². The highest BCUT2D eigenvalue weighted by molar-refractivity contribution is 7.88. The van der Waals surface area contributed by atoms with Gasteiger partial charge in [-0.3, -0.25) is 19.0 Å². The van der Waals surface area contributed by atoms with Gasteiger partial charge in [-0.15, -0.1) is 0 Å². The summed E-state index contributed by atoms with van der Waals surface area (Å²) in [5.41, 5.74) is 4.07. The number of benzene rings is 1. The Balaban J connectivity index is 1.51. The molecule has 10 heteroatoms. The maximum absolute atomic E-state index is 12.3. The summed E-state index contributed by atoms with van der Waals surface area (Å²) in [5.74, 6) is 1.14. The van der Waals surface area contributed by atoms with Crippen LogP contribution in [0.5, 0.6) is 0 Å². The molecule has 43 heavy (non-hydrogen) atoms. The van der Waals surface area contributed by atoms with E-state index in [-0.39, 0.29) is 6.04 Å². The molecule has 1 aromatic rings. The first-order valence-corrected chi connectivity index (χ1v) is 16.8. The number of allylic oxidation sites excluding steroid dienone is 4. The van der Waals surface area contributed by atoms with Crippen LogP contribution in [0.2, 0.25) is 0 Å². The molecule has 3 unspecified atom stereocenters. The number of aryl methyl sites for hydroxylation is 1. The van der Waals surface area contributed by atoms with Crippen LogP contribution in [0.4, 0.5) is 0 Å². The Labute approximate surface area is 260 Å². The SMILES string of the molecule is C\C=C/C=C\C(=C\NC(C)c1cc(C)cc(C(O)N(C)C)c1/C=C/N1CCC(N2CCN3C=NCN=C3C2)CC1)S(C)=O. The number of aliphatic hydroxyl groups excluding tert-OH is 1. The molecule has 3 aliphatic heterocycles. The fourth-order valence-electron chi connectivity index (χ4n) is 5.81. The van der Waals surface area contributed by atoms with Crippen LogP contribution in [0, 0.1) is 6.92 Å². The van der Waals surface area contributed by atoms with Gasteiger partial charge in [-0.05, 0) is 77.2 Å². The Morgan fingerprint density at radius 2 is 1.91 bits per heavy atom. The van der Waals surface area contributed by atoms with Crippen molar-refractivity contribution < 1.29 is 9.32 Å². The Morgan fingerprint density at radius 1 is 1.16 bits per heavy atom. The minimum absolute atomic E-state index is 0.0709. The summed E-state index contributed by atoms with van der Waals surface area (Å²) >= 11 is 0. The lowest BCUT2D eigenvalue weighted by Crippen LogP contribution is -2.55. The monoisotopic (exact) mass is 607 g/mol. The Bertz CT molecular complexity index is 1310. The zero-order valence-corrected chi connectivity index (χ0v) is 27.4. The summed E-state index contributed by atoms with van der Waals surface area (Å²) in [6.07, 6.45) is 18.9. The third-order valence-electron chi connectivity index (χ3n) is 8.32. The second-order valence-electron chi connectivity index (χ2n) is 11.7. The number of hydrogen-bond acceptors (Lipinski definition) is 9. The molecule has 3 aliphatic rings. The average Bonchev–Trinajstić information content (AvgIpc) is 3.01. The van der Waals surface area contributed by atoms with E-state index in [4.69, 9.17) is 0 Å². The van der Waals surface area contributed by atoms with Gasteiger partial charge in [-0.25, -0.2) is 4.99 Å². The van der Waals surface area contributed by atoms with Crippen LogP contribution in [0.1, 0.15) is 61.2 Å². The predicted octanol–water partition coefficient (Wildman–Crippen LogP) is 4.00. The van der Waals surface area contributed by atoms with Crippen LogP contribution in [0.3, 0.4) is 0 Å². The van der Waals surface area contributed by atoms with Crippen molar-refractivity contribution in [1.29, 1.82) is 0 Å². The Morgan fingerprint density at radius 3 is 2.60 bits per heavy atom. The summed E-state index contributed by atoms with van der Waals surface area (Å²) in [6, 6.07) is 4.75. The van der Waals surface area contributed by atoms with Gasteiger partial charge in [0.25, 0.3) is 0 Å². The number of hydrogen-bond donors (Lipinski definition) is 2. The van der Waals surface area contributed by atoms with Crippen molar-refractivity contribution in [3.05, 3.63) is 76.0 Å². The molecule has 2 fully saturated rings. The minimum atomic E-state index is -1.13. The van der Waals surface area contributed by atoms with Crippen molar-refractivity contribution >= 4 is 29.0 Å². The molecule has 0 saturated carbocycles. The summed E-state index contributed by atoms with van der Waals surface area (Å²) in [4.78, 5) is 18.6. The Kier molecular flexibility index (Phi) is 11.9. The normalized spacial score (nSPS) is 21.2. The zero-order valence-electron chi connectivity index (χ0n) is 26.6. The van der Waals surface area contributed by atoms with E-state index in [9.17, 15) is 9.32 Å². The van der Waals surface area contributed by atoms with E-state index in [1.54, 1.807) is 6.26 Å². The molecule has 9 nitrogen and oxygen atoms in total. The van der Waals surface area contributed by atoms with Crippen molar-refractivity contribution in [3.63, 3.8) is 0 Å². The summed E-state index contributed by atoms with van der Waals surface area (Å²) < 4.78 is 12.3. The van der Waals surface area contributed by atoms with Gasteiger partial charge in [0.15, 0.2) is 0 Å². The summed E-state index contributed by atoms with van der Waals surface area (Å²) in [5, 5.41) is 14.7. The number of aliphatic hydroxyl groups is 1. The van der Waals surface area contributed by atoms with E-state index in [1.165, 1.54) is 0 Å². The molecular weight excluding hydrogens is 558 g/mol. The van der Waals surface area contributed by atoms with E-state index in [1.807, 2.05) is 62.8 Å². The van der Waals surface area contributed by atoms with Gasteiger partial charge < -0.3 is 20.2 Å². The number of likely N-dealkylation sites (tertiary alicyclic amines) is 1. The molecule has 3 heterocycles. The van der Waals surface area contributed by atoms with Crippen molar-refractivity contribution in [2.45, 2.75) is 51.9 Å². The average molecular weight is 608 g/mol. The van der Waals surface area contributed by atoms with Gasteiger partial charge in [0, 0.05) is 56.3 Å². The fourth-order valence-corrected chi connectivity index (χ4v) is 6.32. The van der Waals surface area contributed by atoms with Crippen LogP contribution in [0.25, 0.3) is 6.08 Å². The van der Waals surface area contributed by atoms with Gasteiger partial charge in [0.05, 0.1) is 28.6 Å². The highest BCUT2D eigenvalue weighted by atomic mass is 32.2. The fraction of sp³-hybridized carbons (Fsp3) is 0.515. The van der Waals surface area contributed by atoms with Crippen LogP contribution < -0.4 is 5.32 Å². The number of fused-ring (bicyclic) bond motifs is 1. The van der Waals surface area contributed by atoms with Crippen LogP contribution in [-0.4, -0.2) is 107 Å². The quantitative estimate of drug-likeness (QED) is 0.291. The van der Waals surface area contributed by atoms with E-state index >= 15 is 0 Å². The number of nitrogens with one attached hydrogen (secondary N) is 1. The highest BCUT2D eigenvalue weighted by Gasteiger charge is 2.30. The summed E-state index contributed by atoms with van der Waals surface area (Å²) in [6.45, 7) is 11.6. The van der Waals surface area contributed by atoms with Gasteiger partial charge in [-0.2, -0.15) is 0 Å². The molecule has 0 amide bonds.